The quantitative estimate of drug-likeness (QED) is 0.818. The van der Waals surface area contributed by atoms with Crippen molar-refractivity contribution >= 4 is 18.0 Å². The predicted molar refractivity (Wildman–Crippen MR) is 109 cm³/mol. The van der Waals surface area contributed by atoms with Gasteiger partial charge in [-0.15, -0.1) is 0 Å². The van der Waals surface area contributed by atoms with E-state index in [4.69, 9.17) is 4.42 Å². The minimum absolute atomic E-state index is 0.301. The maximum Gasteiger partial charge on any atom is 0.232 e. The van der Waals surface area contributed by atoms with Gasteiger partial charge in [0.25, 0.3) is 0 Å². The van der Waals surface area contributed by atoms with Gasteiger partial charge in [0.15, 0.2) is 0 Å². The van der Waals surface area contributed by atoms with Crippen molar-refractivity contribution < 1.29 is 4.42 Å². The molecular formula is C22H28N4O. The molecule has 27 heavy (non-hydrogen) atoms. The molecule has 142 valence electrons. The van der Waals surface area contributed by atoms with Crippen molar-refractivity contribution in [2.24, 2.45) is 11.8 Å². The van der Waals surface area contributed by atoms with E-state index in [2.05, 4.69) is 42.0 Å². The molecule has 1 aliphatic rings. The van der Waals surface area contributed by atoms with Crippen molar-refractivity contribution in [1.29, 1.82) is 5.26 Å². The molecule has 0 bridgehead atoms. The van der Waals surface area contributed by atoms with E-state index in [9.17, 15) is 5.26 Å². The fourth-order valence-corrected chi connectivity index (χ4v) is 3.78. The molecule has 0 spiro atoms. The van der Waals surface area contributed by atoms with Gasteiger partial charge in [0, 0.05) is 31.8 Å². The van der Waals surface area contributed by atoms with E-state index in [-0.39, 0.29) is 0 Å². The number of nitrogens with one attached hydrogen (secondary N) is 1. The van der Waals surface area contributed by atoms with Crippen LogP contribution in [0.3, 0.4) is 0 Å². The monoisotopic (exact) mass is 364 g/mol. The van der Waals surface area contributed by atoms with Gasteiger partial charge in [-0.25, -0.2) is 0 Å². The van der Waals surface area contributed by atoms with Crippen molar-refractivity contribution in [1.82, 2.24) is 9.88 Å². The van der Waals surface area contributed by atoms with Gasteiger partial charge in [-0.1, -0.05) is 44.2 Å². The van der Waals surface area contributed by atoms with Crippen LogP contribution in [-0.4, -0.2) is 35.6 Å². The zero-order valence-electron chi connectivity index (χ0n) is 16.4. The van der Waals surface area contributed by atoms with Gasteiger partial charge in [0.05, 0.1) is 0 Å². The molecule has 0 aliphatic carbocycles. The normalized spacial score (nSPS) is 21.9. The Hall–Kier alpha value is -2.58. The first-order valence-electron chi connectivity index (χ1n) is 9.67. The summed E-state index contributed by atoms with van der Waals surface area (Å²) in [4.78, 5) is 6.79. The zero-order chi connectivity index (χ0) is 19.2. The molecule has 2 heterocycles. The van der Waals surface area contributed by atoms with Crippen LogP contribution in [0.1, 0.15) is 44.3 Å². The smallest absolute Gasteiger partial charge is 0.232 e. The Bertz CT molecular complexity index is 795. The number of benzene rings is 1. The maximum atomic E-state index is 9.35. The standard InChI is InChI=1S/C22H28N4O/c1-16-11-17(2)15-26(14-16)18(3)13-24-22-20(12-23)25-21(27-22)10-9-19-7-5-4-6-8-19/h4-10,16-18,24H,11,13-15H2,1-3H3. The second-order valence-corrected chi connectivity index (χ2v) is 7.72. The largest absolute Gasteiger partial charge is 0.420 e. The predicted octanol–water partition coefficient (Wildman–Crippen LogP) is 4.49. The topological polar surface area (TPSA) is 65.1 Å². The Kier molecular flexibility index (Phi) is 6.31. The lowest BCUT2D eigenvalue weighted by atomic mass is 9.91. The average molecular weight is 364 g/mol. The number of hydrogen-bond acceptors (Lipinski definition) is 5. The fraction of sp³-hybridized carbons (Fsp3) is 0.455. The van der Waals surface area contributed by atoms with Crippen molar-refractivity contribution in [3.63, 3.8) is 0 Å². The molecular weight excluding hydrogens is 336 g/mol. The molecule has 3 unspecified atom stereocenters. The van der Waals surface area contributed by atoms with E-state index in [0.717, 1.165) is 37.0 Å². The van der Waals surface area contributed by atoms with Crippen LogP contribution in [0.15, 0.2) is 34.7 Å². The molecule has 0 saturated carbocycles. The average Bonchev–Trinajstić information content (AvgIpc) is 3.06. The number of rotatable bonds is 6. The number of nitriles is 1. The minimum Gasteiger partial charge on any atom is -0.420 e. The second-order valence-electron chi connectivity index (χ2n) is 7.72. The van der Waals surface area contributed by atoms with Gasteiger partial charge >= 0.3 is 0 Å². The Morgan fingerprint density at radius 2 is 1.96 bits per heavy atom. The Morgan fingerprint density at radius 3 is 2.63 bits per heavy atom. The molecule has 1 fully saturated rings. The molecule has 1 aromatic carbocycles. The highest BCUT2D eigenvalue weighted by Crippen LogP contribution is 2.23. The first kappa shape index (κ1) is 19.2. The molecule has 5 heteroatoms. The molecule has 0 radical (unpaired) electrons. The first-order chi connectivity index (χ1) is 13.0. The summed E-state index contributed by atoms with van der Waals surface area (Å²) in [7, 11) is 0. The fourth-order valence-electron chi connectivity index (χ4n) is 3.78. The maximum absolute atomic E-state index is 9.35. The van der Waals surface area contributed by atoms with Gasteiger partial charge in [-0.3, -0.25) is 4.90 Å². The number of hydrogen-bond donors (Lipinski definition) is 1. The molecule has 5 nitrogen and oxygen atoms in total. The van der Waals surface area contributed by atoms with Crippen LogP contribution in [0.2, 0.25) is 0 Å². The number of anilines is 1. The lowest BCUT2D eigenvalue weighted by molar-refractivity contribution is 0.108. The third kappa shape index (κ3) is 5.21. The lowest BCUT2D eigenvalue weighted by Gasteiger charge is -2.38. The van der Waals surface area contributed by atoms with Crippen LogP contribution in [0.4, 0.5) is 5.88 Å². The summed E-state index contributed by atoms with van der Waals surface area (Å²) in [6.07, 6.45) is 5.02. The molecule has 1 aromatic heterocycles. The molecule has 3 rings (SSSR count). The summed E-state index contributed by atoms with van der Waals surface area (Å²) >= 11 is 0. The lowest BCUT2D eigenvalue weighted by Crippen LogP contribution is -2.46. The van der Waals surface area contributed by atoms with Crippen molar-refractivity contribution in [2.75, 3.05) is 25.0 Å². The number of oxazole rings is 1. The van der Waals surface area contributed by atoms with Crippen LogP contribution in [0, 0.1) is 23.2 Å². The van der Waals surface area contributed by atoms with Crippen molar-refractivity contribution in [3.05, 3.63) is 47.5 Å². The summed E-state index contributed by atoms with van der Waals surface area (Å²) in [5.41, 5.74) is 1.36. The molecule has 3 atom stereocenters. The summed E-state index contributed by atoms with van der Waals surface area (Å²) in [5, 5.41) is 12.6. The SMILES string of the molecule is CC1CC(C)CN(C(C)CNc2oc(C=Cc3ccccc3)nc2C#N)C1. The molecule has 1 aliphatic heterocycles. The molecule has 1 N–H and O–H groups in total. The first-order valence-corrected chi connectivity index (χ1v) is 9.67. The summed E-state index contributed by atoms with van der Waals surface area (Å²) in [6, 6.07) is 12.4. The van der Waals surface area contributed by atoms with E-state index in [0.29, 0.717) is 23.5 Å². The highest BCUT2D eigenvalue weighted by atomic mass is 16.4. The number of nitrogens with zero attached hydrogens (tertiary/aromatic N) is 3. The summed E-state index contributed by atoms with van der Waals surface area (Å²) in [5.74, 6) is 2.35. The third-order valence-corrected chi connectivity index (χ3v) is 5.05. The zero-order valence-corrected chi connectivity index (χ0v) is 16.4. The molecule has 1 saturated heterocycles. The molecule has 2 aromatic rings. The van der Waals surface area contributed by atoms with E-state index >= 15 is 0 Å². The molecule has 0 amide bonds. The van der Waals surface area contributed by atoms with Crippen molar-refractivity contribution in [2.45, 2.75) is 33.2 Å². The van der Waals surface area contributed by atoms with Crippen LogP contribution in [0.5, 0.6) is 0 Å². The van der Waals surface area contributed by atoms with Crippen LogP contribution in [-0.2, 0) is 0 Å². The van der Waals surface area contributed by atoms with Gasteiger partial charge in [0.2, 0.25) is 17.5 Å². The Morgan fingerprint density at radius 1 is 1.26 bits per heavy atom. The van der Waals surface area contributed by atoms with Gasteiger partial charge < -0.3 is 9.73 Å². The Labute approximate surface area is 161 Å². The minimum atomic E-state index is 0.301. The van der Waals surface area contributed by atoms with E-state index in [1.165, 1.54) is 6.42 Å². The Balaban J connectivity index is 1.62. The van der Waals surface area contributed by atoms with Crippen LogP contribution < -0.4 is 5.32 Å². The van der Waals surface area contributed by atoms with E-state index in [1.807, 2.05) is 36.4 Å². The number of piperidine rings is 1. The van der Waals surface area contributed by atoms with Gasteiger partial charge in [0.1, 0.15) is 6.07 Å². The van der Waals surface area contributed by atoms with E-state index < -0.39 is 0 Å². The van der Waals surface area contributed by atoms with Crippen LogP contribution >= 0.6 is 0 Å². The van der Waals surface area contributed by atoms with E-state index in [1.54, 1.807) is 6.08 Å². The van der Waals surface area contributed by atoms with Gasteiger partial charge in [-0.2, -0.15) is 10.2 Å². The van der Waals surface area contributed by atoms with Gasteiger partial charge in [-0.05, 0) is 36.8 Å². The van der Waals surface area contributed by atoms with Crippen molar-refractivity contribution in [3.8, 4) is 6.07 Å². The number of aromatic nitrogens is 1. The third-order valence-electron chi connectivity index (χ3n) is 5.05. The highest BCUT2D eigenvalue weighted by Gasteiger charge is 2.25. The second kappa shape index (κ2) is 8.88. The van der Waals surface area contributed by atoms with Crippen LogP contribution in [0.25, 0.3) is 12.2 Å². The summed E-state index contributed by atoms with van der Waals surface area (Å²) in [6.45, 7) is 9.83. The highest BCUT2D eigenvalue weighted by molar-refractivity contribution is 5.67. The summed E-state index contributed by atoms with van der Waals surface area (Å²) < 4.78 is 5.76. The number of likely N-dealkylation sites (tertiary alicyclic amines) is 1.